The molecule has 0 aromatic heterocycles. The van der Waals surface area contributed by atoms with E-state index in [0.29, 0.717) is 25.8 Å². The fraction of sp³-hybridized carbons (Fsp3) is 0.529. The van der Waals surface area contributed by atoms with Crippen LogP contribution in [0.1, 0.15) is 77.6 Å². The third-order valence-corrected chi connectivity index (χ3v) is 6.03. The van der Waals surface area contributed by atoms with Gasteiger partial charge in [0.2, 0.25) is 11.8 Å². The van der Waals surface area contributed by atoms with Crippen molar-refractivity contribution in [3.63, 3.8) is 0 Å². The molecule has 0 rings (SSSR count). The monoisotopic (exact) mass is 616 g/mol. The summed E-state index contributed by atoms with van der Waals surface area (Å²) in [5.74, 6) is -2.14. The number of rotatable bonds is 25. The first-order valence-corrected chi connectivity index (χ1v) is 15.4. The molecule has 0 bridgehead atoms. The molecule has 4 N–H and O–H groups in total. The first-order chi connectivity index (χ1) is 21.4. The van der Waals surface area contributed by atoms with Crippen LogP contribution < -0.4 is 10.6 Å². The number of unbranched alkanes of at least 4 members (excludes halogenated alkanes) is 2. The van der Waals surface area contributed by atoms with Gasteiger partial charge in [-0.1, -0.05) is 67.7 Å². The number of ether oxygens (including phenoxy) is 2. The second-order valence-electron chi connectivity index (χ2n) is 9.79. The van der Waals surface area contributed by atoms with Crippen LogP contribution >= 0.6 is 0 Å². The van der Waals surface area contributed by atoms with Gasteiger partial charge in [0, 0.05) is 25.1 Å². The molecule has 1 atom stereocenters. The normalized spacial score (nSPS) is 12.8. The van der Waals surface area contributed by atoms with Gasteiger partial charge < -0.3 is 30.3 Å². The van der Waals surface area contributed by atoms with Gasteiger partial charge in [0.15, 0.2) is 0 Å². The second kappa shape index (κ2) is 29.3. The molecule has 0 unspecified atom stereocenters. The Bertz CT molecular complexity index is 978. The van der Waals surface area contributed by atoms with E-state index in [1.807, 2.05) is 6.08 Å². The molecule has 0 spiro atoms. The number of amides is 2. The molecule has 2 amide bonds. The Kier molecular flexibility index (Phi) is 26.8. The maximum absolute atomic E-state index is 12.6. The minimum Gasteiger partial charge on any atom is -0.466 e. The summed E-state index contributed by atoms with van der Waals surface area (Å²) in [5.41, 5.74) is 0. The Morgan fingerprint density at radius 2 is 1.32 bits per heavy atom. The van der Waals surface area contributed by atoms with Gasteiger partial charge in [-0.15, -0.1) is 0 Å². The maximum atomic E-state index is 12.6. The highest BCUT2D eigenvalue weighted by Crippen LogP contribution is 2.07. The van der Waals surface area contributed by atoms with Crippen molar-refractivity contribution in [3.8, 4) is 0 Å². The van der Waals surface area contributed by atoms with Gasteiger partial charge in [0.1, 0.15) is 12.1 Å². The van der Waals surface area contributed by atoms with Crippen molar-refractivity contribution in [3.05, 3.63) is 72.9 Å². The van der Waals surface area contributed by atoms with Crippen molar-refractivity contribution in [2.24, 2.45) is 0 Å². The predicted molar refractivity (Wildman–Crippen MR) is 172 cm³/mol. The number of aliphatic hydroxyl groups is 2. The third kappa shape index (κ3) is 24.8. The van der Waals surface area contributed by atoms with E-state index in [-0.39, 0.29) is 18.7 Å². The molecule has 0 radical (unpaired) electrons. The number of esters is 2. The van der Waals surface area contributed by atoms with Crippen molar-refractivity contribution in [2.45, 2.75) is 89.7 Å². The summed E-state index contributed by atoms with van der Waals surface area (Å²) >= 11 is 0. The predicted octanol–water partition coefficient (Wildman–Crippen LogP) is 4.31. The Labute approximate surface area is 262 Å². The Balaban J connectivity index is 4.41. The van der Waals surface area contributed by atoms with Gasteiger partial charge in [-0.05, 0) is 64.2 Å². The van der Waals surface area contributed by atoms with E-state index in [1.165, 1.54) is 7.11 Å². The molecule has 0 fully saturated rings. The van der Waals surface area contributed by atoms with Crippen molar-refractivity contribution >= 4 is 23.8 Å². The lowest BCUT2D eigenvalue weighted by Gasteiger charge is -2.20. The lowest BCUT2D eigenvalue weighted by molar-refractivity contribution is -0.157. The number of carbonyl (C=O) groups is 4. The standard InChI is InChI=1S/C34H52N2O8/c1-3-4-5-6-7-8-9-10-11-12-13-14-15-16-17-18-19-23-32(40)36-30(34(42)44-29(27-37)28-38)22-20-21-26-35-31(39)24-25-33(41)43-2/h4-5,7-8,10-11,13-14,16-17,24-25,29-30,37-38H,3,6,9,12,15,18-23,26-28H2,1-2H3,(H,35,39)(H,36,40)/t30-/m0/s1. The van der Waals surface area contributed by atoms with Gasteiger partial charge in [-0.3, -0.25) is 9.59 Å². The van der Waals surface area contributed by atoms with E-state index in [9.17, 15) is 29.4 Å². The molecule has 0 saturated heterocycles. The zero-order valence-electron chi connectivity index (χ0n) is 26.3. The summed E-state index contributed by atoms with van der Waals surface area (Å²) in [6.07, 6.45) is 29.8. The van der Waals surface area contributed by atoms with Gasteiger partial charge in [0.25, 0.3) is 0 Å². The molecule has 10 heteroatoms. The average molecular weight is 617 g/mol. The van der Waals surface area contributed by atoms with Gasteiger partial charge in [0.05, 0.1) is 20.3 Å². The summed E-state index contributed by atoms with van der Waals surface area (Å²) in [7, 11) is 1.21. The summed E-state index contributed by atoms with van der Waals surface area (Å²) in [6.45, 7) is 1.34. The summed E-state index contributed by atoms with van der Waals surface area (Å²) in [4.78, 5) is 47.8. The lowest BCUT2D eigenvalue weighted by Crippen LogP contribution is -2.44. The smallest absolute Gasteiger partial charge is 0.330 e. The first kappa shape index (κ1) is 40.2. The van der Waals surface area contributed by atoms with Crippen LogP contribution in [-0.2, 0) is 28.7 Å². The van der Waals surface area contributed by atoms with E-state index >= 15 is 0 Å². The van der Waals surface area contributed by atoms with E-state index in [1.54, 1.807) is 0 Å². The Hall–Kier alpha value is -3.76. The van der Waals surface area contributed by atoms with Crippen LogP contribution in [-0.4, -0.2) is 73.0 Å². The SMILES string of the molecule is CCC=CCC=CCC=CCC=CCC=CCCCC(=O)N[C@@H](CCCCNC(=O)C=CC(=O)OC)C(=O)OC(CO)CO. The largest absolute Gasteiger partial charge is 0.466 e. The van der Waals surface area contributed by atoms with Crippen molar-refractivity contribution in [1.82, 2.24) is 10.6 Å². The van der Waals surface area contributed by atoms with E-state index in [2.05, 4.69) is 77.0 Å². The molecule has 0 aliphatic heterocycles. The number of carbonyl (C=O) groups excluding carboxylic acids is 4. The zero-order chi connectivity index (χ0) is 32.7. The Morgan fingerprint density at radius 1 is 0.750 bits per heavy atom. The molecule has 246 valence electrons. The molecule has 0 saturated carbocycles. The second-order valence-corrected chi connectivity index (χ2v) is 9.79. The van der Waals surface area contributed by atoms with Crippen LogP contribution in [0, 0.1) is 0 Å². The molecule has 0 heterocycles. The van der Waals surface area contributed by atoms with Gasteiger partial charge in [-0.25, -0.2) is 9.59 Å². The lowest BCUT2D eigenvalue weighted by atomic mass is 10.1. The van der Waals surface area contributed by atoms with Crippen molar-refractivity contribution < 1.29 is 38.9 Å². The number of nitrogens with one attached hydrogen (secondary N) is 2. The number of hydrogen-bond acceptors (Lipinski definition) is 8. The molecular weight excluding hydrogens is 564 g/mol. The summed E-state index contributed by atoms with van der Waals surface area (Å²) in [6, 6.07) is -0.952. The summed E-state index contributed by atoms with van der Waals surface area (Å²) in [5, 5.41) is 23.8. The van der Waals surface area contributed by atoms with E-state index < -0.39 is 43.2 Å². The van der Waals surface area contributed by atoms with Crippen LogP contribution in [0.2, 0.25) is 0 Å². The molecular formula is C34H52N2O8. The summed E-state index contributed by atoms with van der Waals surface area (Å²) < 4.78 is 9.53. The van der Waals surface area contributed by atoms with Crippen LogP contribution in [0.4, 0.5) is 0 Å². The van der Waals surface area contributed by atoms with Gasteiger partial charge >= 0.3 is 11.9 Å². The maximum Gasteiger partial charge on any atom is 0.330 e. The molecule has 0 aliphatic rings. The fourth-order valence-electron chi connectivity index (χ4n) is 3.60. The molecule has 0 aromatic rings. The number of hydrogen-bond donors (Lipinski definition) is 4. The van der Waals surface area contributed by atoms with Crippen molar-refractivity contribution in [2.75, 3.05) is 26.9 Å². The molecule has 0 aromatic carbocycles. The van der Waals surface area contributed by atoms with E-state index in [0.717, 1.165) is 50.7 Å². The minimum absolute atomic E-state index is 0.226. The van der Waals surface area contributed by atoms with E-state index in [4.69, 9.17) is 4.74 Å². The topological polar surface area (TPSA) is 151 Å². The average Bonchev–Trinajstić information content (AvgIpc) is 3.02. The van der Waals surface area contributed by atoms with Crippen LogP contribution in [0.3, 0.4) is 0 Å². The number of allylic oxidation sites excluding steroid dienone is 10. The quantitative estimate of drug-likeness (QED) is 0.0513. The number of aliphatic hydroxyl groups excluding tert-OH is 2. The van der Waals surface area contributed by atoms with Crippen LogP contribution in [0.15, 0.2) is 72.9 Å². The third-order valence-electron chi connectivity index (χ3n) is 6.03. The highest BCUT2D eigenvalue weighted by atomic mass is 16.6. The number of methoxy groups -OCH3 is 1. The first-order valence-electron chi connectivity index (χ1n) is 15.4. The highest BCUT2D eigenvalue weighted by Gasteiger charge is 2.24. The molecule has 44 heavy (non-hydrogen) atoms. The minimum atomic E-state index is -1.07. The molecule has 10 nitrogen and oxygen atoms in total. The Morgan fingerprint density at radius 3 is 1.86 bits per heavy atom. The highest BCUT2D eigenvalue weighted by molar-refractivity contribution is 5.94. The van der Waals surface area contributed by atoms with Gasteiger partial charge in [-0.2, -0.15) is 0 Å². The fourth-order valence-corrected chi connectivity index (χ4v) is 3.60. The van der Waals surface area contributed by atoms with Crippen molar-refractivity contribution in [1.29, 1.82) is 0 Å². The van der Waals surface area contributed by atoms with Crippen LogP contribution in [0.5, 0.6) is 0 Å². The zero-order valence-corrected chi connectivity index (χ0v) is 26.3. The molecule has 0 aliphatic carbocycles. The van der Waals surface area contributed by atoms with Crippen LogP contribution in [0.25, 0.3) is 0 Å².